The van der Waals surface area contributed by atoms with Crippen LogP contribution < -0.4 is 15.7 Å². The smallest absolute Gasteiger partial charge is 0.337 e. The van der Waals surface area contributed by atoms with Gasteiger partial charge >= 0.3 is 5.63 Å². The third-order valence-electron chi connectivity index (χ3n) is 3.79. The van der Waals surface area contributed by atoms with E-state index in [-0.39, 0.29) is 5.56 Å². The summed E-state index contributed by atoms with van der Waals surface area (Å²) in [6.07, 6.45) is 0. The average Bonchev–Trinajstić information content (AvgIpc) is 2.58. The third-order valence-corrected chi connectivity index (χ3v) is 4.20. The Morgan fingerprint density at radius 1 is 1.24 bits per heavy atom. The molecule has 0 atom stereocenters. The number of hydrogen-bond acceptors (Lipinski definition) is 4. The molecular formula is C19H16ClNO4. The van der Waals surface area contributed by atoms with Gasteiger partial charge in [0.15, 0.2) is 0 Å². The van der Waals surface area contributed by atoms with E-state index >= 15 is 0 Å². The summed E-state index contributed by atoms with van der Waals surface area (Å²) in [5.41, 5.74) is 1.27. The van der Waals surface area contributed by atoms with E-state index < -0.39 is 11.5 Å². The van der Waals surface area contributed by atoms with Gasteiger partial charge in [-0.05, 0) is 43.7 Å². The maximum Gasteiger partial charge on any atom is 0.337 e. The molecule has 3 aromatic rings. The summed E-state index contributed by atoms with van der Waals surface area (Å²) in [4.78, 5) is 24.5. The second-order valence-corrected chi connectivity index (χ2v) is 5.84. The molecule has 25 heavy (non-hydrogen) atoms. The van der Waals surface area contributed by atoms with Crippen LogP contribution in [0.5, 0.6) is 5.75 Å². The highest BCUT2D eigenvalue weighted by atomic mass is 35.5. The van der Waals surface area contributed by atoms with Gasteiger partial charge in [-0.1, -0.05) is 17.7 Å². The zero-order valence-corrected chi connectivity index (χ0v) is 14.5. The molecule has 3 rings (SSSR count). The van der Waals surface area contributed by atoms with Crippen LogP contribution in [-0.4, -0.2) is 12.5 Å². The quantitative estimate of drug-likeness (QED) is 0.702. The lowest BCUT2D eigenvalue weighted by atomic mass is 10.1. The Kier molecular flexibility index (Phi) is 4.76. The lowest BCUT2D eigenvalue weighted by Crippen LogP contribution is -2.16. The lowest BCUT2D eigenvalue weighted by Gasteiger charge is -2.11. The largest absolute Gasteiger partial charge is 0.494 e. The molecule has 1 amide bonds. The lowest BCUT2D eigenvalue weighted by molar-refractivity contribution is 0.102. The van der Waals surface area contributed by atoms with Gasteiger partial charge in [-0.3, -0.25) is 4.79 Å². The van der Waals surface area contributed by atoms with E-state index in [1.165, 1.54) is 6.07 Å². The molecule has 0 saturated carbocycles. The first kappa shape index (κ1) is 17.0. The number of amides is 1. The monoisotopic (exact) mass is 357 g/mol. The molecule has 128 valence electrons. The second kappa shape index (κ2) is 6.99. The number of hydrogen-bond donors (Lipinski definition) is 1. The SMILES string of the molecule is CCOc1ccc2c(C(=O)Nc3cccc(Cl)c3C)cc(=O)oc2c1. The molecule has 0 aliphatic heterocycles. The molecule has 1 heterocycles. The minimum Gasteiger partial charge on any atom is -0.494 e. The number of carbonyl (C=O) groups is 1. The number of benzene rings is 2. The van der Waals surface area contributed by atoms with Crippen molar-refractivity contribution in [3.05, 3.63) is 69.0 Å². The van der Waals surface area contributed by atoms with Crippen molar-refractivity contribution >= 4 is 34.2 Å². The van der Waals surface area contributed by atoms with E-state index in [4.69, 9.17) is 20.8 Å². The van der Waals surface area contributed by atoms with Gasteiger partial charge in [0, 0.05) is 28.2 Å². The van der Waals surface area contributed by atoms with E-state index in [0.717, 1.165) is 5.56 Å². The summed E-state index contributed by atoms with van der Waals surface area (Å²) in [7, 11) is 0. The fourth-order valence-corrected chi connectivity index (χ4v) is 2.69. The highest BCUT2D eigenvalue weighted by Crippen LogP contribution is 2.26. The molecule has 0 bridgehead atoms. The number of rotatable bonds is 4. The molecule has 0 fully saturated rings. The van der Waals surface area contributed by atoms with Gasteiger partial charge in [-0.2, -0.15) is 0 Å². The topological polar surface area (TPSA) is 68.5 Å². The fourth-order valence-electron chi connectivity index (χ4n) is 2.52. The molecule has 0 unspecified atom stereocenters. The molecule has 0 saturated heterocycles. The normalized spacial score (nSPS) is 10.7. The van der Waals surface area contributed by atoms with Crippen LogP contribution in [-0.2, 0) is 0 Å². The van der Waals surface area contributed by atoms with Crippen LogP contribution in [0.25, 0.3) is 11.0 Å². The molecular weight excluding hydrogens is 342 g/mol. The van der Waals surface area contributed by atoms with Crippen LogP contribution in [0, 0.1) is 6.92 Å². The molecule has 0 radical (unpaired) electrons. The average molecular weight is 358 g/mol. The van der Waals surface area contributed by atoms with Gasteiger partial charge in [0.25, 0.3) is 5.91 Å². The number of nitrogens with one attached hydrogen (secondary N) is 1. The highest BCUT2D eigenvalue weighted by molar-refractivity contribution is 6.31. The number of fused-ring (bicyclic) bond motifs is 1. The molecule has 1 N–H and O–H groups in total. The molecule has 1 aromatic heterocycles. The van der Waals surface area contributed by atoms with Crippen LogP contribution in [0.15, 0.2) is 51.7 Å². The molecule has 2 aromatic carbocycles. The van der Waals surface area contributed by atoms with E-state index in [9.17, 15) is 9.59 Å². The summed E-state index contributed by atoms with van der Waals surface area (Å²) >= 11 is 6.08. The van der Waals surface area contributed by atoms with Crippen LogP contribution in [0.1, 0.15) is 22.8 Å². The molecule has 5 nitrogen and oxygen atoms in total. The zero-order valence-electron chi connectivity index (χ0n) is 13.8. The molecule has 0 aliphatic carbocycles. The second-order valence-electron chi connectivity index (χ2n) is 5.44. The predicted octanol–water partition coefficient (Wildman–Crippen LogP) is 4.41. The van der Waals surface area contributed by atoms with Gasteiger partial charge in [-0.25, -0.2) is 4.79 Å². The Labute approximate surface area is 149 Å². The van der Waals surface area contributed by atoms with Crippen LogP contribution in [0.2, 0.25) is 5.02 Å². The van der Waals surface area contributed by atoms with Crippen molar-refractivity contribution in [2.75, 3.05) is 11.9 Å². The van der Waals surface area contributed by atoms with Crippen LogP contribution in [0.4, 0.5) is 5.69 Å². The van der Waals surface area contributed by atoms with Crippen molar-refractivity contribution in [1.82, 2.24) is 0 Å². The van der Waals surface area contributed by atoms with E-state index in [0.29, 0.717) is 34.0 Å². The van der Waals surface area contributed by atoms with Gasteiger partial charge in [0.1, 0.15) is 11.3 Å². The van der Waals surface area contributed by atoms with Gasteiger partial charge in [0.2, 0.25) is 0 Å². The van der Waals surface area contributed by atoms with Crippen LogP contribution in [0.3, 0.4) is 0 Å². The van der Waals surface area contributed by atoms with Crippen LogP contribution >= 0.6 is 11.6 Å². The highest BCUT2D eigenvalue weighted by Gasteiger charge is 2.15. The first-order valence-corrected chi connectivity index (χ1v) is 8.14. The minimum atomic E-state index is -0.603. The Hall–Kier alpha value is -2.79. The Bertz CT molecular complexity index is 1010. The van der Waals surface area contributed by atoms with E-state index in [1.807, 2.05) is 13.8 Å². The standard InChI is InChI=1S/C19H16ClNO4/c1-3-24-12-7-8-13-14(10-18(22)25-17(13)9-12)19(23)21-16-6-4-5-15(20)11(16)2/h4-10H,3H2,1-2H3,(H,21,23). The predicted molar refractivity (Wildman–Crippen MR) is 97.8 cm³/mol. The number of ether oxygens (including phenoxy) is 1. The summed E-state index contributed by atoms with van der Waals surface area (Å²) in [5.74, 6) is 0.161. The van der Waals surface area contributed by atoms with Crippen molar-refractivity contribution in [1.29, 1.82) is 0 Å². The third kappa shape index (κ3) is 3.51. The van der Waals surface area contributed by atoms with Gasteiger partial charge in [-0.15, -0.1) is 0 Å². The summed E-state index contributed by atoms with van der Waals surface area (Å²) in [5, 5.41) is 3.87. The van der Waals surface area contributed by atoms with Crippen molar-refractivity contribution in [2.45, 2.75) is 13.8 Å². The number of carbonyl (C=O) groups excluding carboxylic acids is 1. The summed E-state index contributed by atoms with van der Waals surface area (Å²) < 4.78 is 10.6. The zero-order chi connectivity index (χ0) is 18.0. The van der Waals surface area contributed by atoms with E-state index in [2.05, 4.69) is 5.32 Å². The van der Waals surface area contributed by atoms with Crippen molar-refractivity contribution in [3.8, 4) is 5.75 Å². The van der Waals surface area contributed by atoms with Gasteiger partial charge in [0.05, 0.1) is 12.2 Å². The first-order valence-electron chi connectivity index (χ1n) is 7.76. The summed E-state index contributed by atoms with van der Waals surface area (Å²) in [6.45, 7) is 4.16. The van der Waals surface area contributed by atoms with Crippen molar-refractivity contribution in [2.24, 2.45) is 0 Å². The number of halogens is 1. The summed E-state index contributed by atoms with van der Waals surface area (Å²) in [6, 6.07) is 11.4. The molecule has 0 spiro atoms. The Morgan fingerprint density at radius 2 is 2.04 bits per heavy atom. The first-order chi connectivity index (χ1) is 12.0. The maximum atomic E-state index is 12.7. The Balaban J connectivity index is 2.03. The molecule has 0 aliphatic rings. The fraction of sp³-hybridized carbons (Fsp3) is 0.158. The Morgan fingerprint density at radius 3 is 2.80 bits per heavy atom. The minimum absolute atomic E-state index is 0.230. The number of anilines is 1. The molecule has 6 heteroatoms. The van der Waals surface area contributed by atoms with E-state index in [1.54, 1.807) is 36.4 Å². The van der Waals surface area contributed by atoms with Crippen molar-refractivity contribution < 1.29 is 13.9 Å². The van der Waals surface area contributed by atoms with Crippen molar-refractivity contribution in [3.63, 3.8) is 0 Å². The maximum absolute atomic E-state index is 12.7. The van der Waals surface area contributed by atoms with Gasteiger partial charge < -0.3 is 14.5 Å².